The molecule has 1 aromatic heterocycles. The quantitative estimate of drug-likeness (QED) is 0.0847. The van der Waals surface area contributed by atoms with Crippen LogP contribution in [0.15, 0.2) is 54.1 Å². The van der Waals surface area contributed by atoms with Crippen LogP contribution in [0, 0.1) is 23.7 Å². The Morgan fingerprint density at radius 2 is 1.54 bits per heavy atom. The van der Waals surface area contributed by atoms with E-state index < -0.39 is 42.2 Å². The number of carbonyl (C=O) groups excluding carboxylic acids is 7. The minimum absolute atomic E-state index is 0.0212. The molecule has 376 valence electrons. The molecule has 0 aliphatic carbocycles. The van der Waals surface area contributed by atoms with Crippen LogP contribution in [0.3, 0.4) is 0 Å². The van der Waals surface area contributed by atoms with Gasteiger partial charge in [-0.25, -0.2) is 4.98 Å². The number of rotatable bonds is 27. The van der Waals surface area contributed by atoms with Crippen molar-refractivity contribution in [3.05, 3.63) is 64.6 Å². The summed E-state index contributed by atoms with van der Waals surface area (Å²) < 4.78 is 12.1. The van der Waals surface area contributed by atoms with Crippen LogP contribution in [0.2, 0.25) is 0 Å². The summed E-state index contributed by atoms with van der Waals surface area (Å²) >= 11 is 1.49. The first-order valence-electron chi connectivity index (χ1n) is 24.3. The van der Waals surface area contributed by atoms with Crippen molar-refractivity contribution in [3.8, 4) is 0 Å². The summed E-state index contributed by atoms with van der Waals surface area (Å²) in [7, 11) is 6.40. The maximum Gasteiger partial charge on any atom is 0.253 e. The zero-order chi connectivity index (χ0) is 50.2. The highest BCUT2D eigenvalue weighted by Gasteiger charge is 2.44. The topological polar surface area (TPSA) is 188 Å². The van der Waals surface area contributed by atoms with Crippen molar-refractivity contribution in [1.29, 1.82) is 0 Å². The summed E-state index contributed by atoms with van der Waals surface area (Å²) in [6, 6.07) is 6.91. The summed E-state index contributed by atoms with van der Waals surface area (Å²) in [6.07, 6.45) is 7.44. The highest BCUT2D eigenvalue weighted by atomic mass is 32.1. The molecule has 0 spiro atoms. The van der Waals surface area contributed by atoms with E-state index in [0.717, 1.165) is 17.0 Å². The first kappa shape index (κ1) is 55.6. The van der Waals surface area contributed by atoms with E-state index in [-0.39, 0.29) is 84.7 Å². The van der Waals surface area contributed by atoms with Crippen LogP contribution in [0.1, 0.15) is 116 Å². The zero-order valence-corrected chi connectivity index (χ0v) is 43.0. The Morgan fingerprint density at radius 3 is 2.12 bits per heavy atom. The highest BCUT2D eigenvalue weighted by Crippen LogP contribution is 2.31. The van der Waals surface area contributed by atoms with Crippen LogP contribution in [0.5, 0.6) is 0 Å². The molecule has 0 saturated carbocycles. The summed E-state index contributed by atoms with van der Waals surface area (Å²) in [5.74, 6) is -3.32. The fourth-order valence-electron chi connectivity index (χ4n) is 9.67. The number of aromatic nitrogens is 1. The predicted molar refractivity (Wildman–Crippen MR) is 262 cm³/mol. The van der Waals surface area contributed by atoms with Crippen LogP contribution < -0.4 is 10.6 Å². The predicted octanol–water partition coefficient (Wildman–Crippen LogP) is 5.57. The van der Waals surface area contributed by atoms with Gasteiger partial charge in [-0.15, -0.1) is 11.3 Å². The summed E-state index contributed by atoms with van der Waals surface area (Å²) in [4.78, 5) is 105. The molecule has 2 aliphatic rings. The number of amides is 7. The number of nitrogens with one attached hydrogen (secondary N) is 2. The van der Waals surface area contributed by atoms with Crippen LogP contribution in [-0.4, -0.2) is 144 Å². The molecule has 0 bridgehead atoms. The first-order valence-corrected chi connectivity index (χ1v) is 25.2. The number of ether oxygens (including phenoxy) is 2. The average Bonchev–Trinajstić information content (AvgIpc) is 4.10. The van der Waals surface area contributed by atoms with Gasteiger partial charge in [-0.2, -0.15) is 0 Å². The Kier molecular flexibility index (Phi) is 21.8. The number of likely N-dealkylation sites (tertiary alicyclic amines) is 1. The minimum Gasteiger partial charge on any atom is -0.379 e. The molecule has 7 amide bonds. The minimum atomic E-state index is -0.941. The lowest BCUT2D eigenvalue weighted by molar-refractivity contribution is -0.148. The molecule has 16 nitrogen and oxygen atoms in total. The van der Waals surface area contributed by atoms with Crippen molar-refractivity contribution in [3.63, 3.8) is 0 Å². The van der Waals surface area contributed by atoms with E-state index in [1.807, 2.05) is 84.2 Å². The van der Waals surface area contributed by atoms with Gasteiger partial charge in [-0.1, -0.05) is 91.6 Å². The Hall–Kier alpha value is -5.00. The fraction of sp³-hybridized carbons (Fsp3) is 0.647. The van der Waals surface area contributed by atoms with Gasteiger partial charge in [-0.05, 0) is 55.4 Å². The third kappa shape index (κ3) is 14.5. The molecule has 3 heterocycles. The molecular formula is C51H77N7O9S. The van der Waals surface area contributed by atoms with E-state index in [0.29, 0.717) is 45.1 Å². The van der Waals surface area contributed by atoms with Gasteiger partial charge in [0, 0.05) is 71.6 Å². The standard InChI is InChI=1S/C51H77N7O9S/c1-12-34(6)46(56(9)51(65)44(32(2)3)54-49(64)45(33(4)5)55(8)40(59)23-17-14-18-27-58-41(60)24-25-42(58)61)39(66-10)31-43(62)57-28-19-22-38(57)47(67-11)35(7)48(63)53-37(50-52-26-29-68-50)30-36-20-15-13-16-21-36/h13,15-16,20-21,24-26,29,32-35,37-39,44-47H,12,14,17-19,22-23,27-28,30-31H2,1-11H3,(H,53,63)(H,54,64). The fourth-order valence-corrected chi connectivity index (χ4v) is 10.4. The number of methoxy groups -OCH3 is 2. The number of unbranched alkanes of at least 4 members (excludes halogenated alkanes) is 2. The molecule has 1 fully saturated rings. The van der Waals surface area contributed by atoms with Crippen molar-refractivity contribution in [2.45, 2.75) is 149 Å². The van der Waals surface area contributed by atoms with Gasteiger partial charge >= 0.3 is 0 Å². The summed E-state index contributed by atoms with van der Waals surface area (Å²) in [5.41, 5.74) is 1.07. The van der Waals surface area contributed by atoms with Gasteiger partial charge in [-0.3, -0.25) is 38.5 Å². The van der Waals surface area contributed by atoms with Crippen molar-refractivity contribution >= 4 is 52.7 Å². The monoisotopic (exact) mass is 964 g/mol. The molecule has 1 aromatic carbocycles. The van der Waals surface area contributed by atoms with E-state index in [1.54, 1.807) is 44.3 Å². The second-order valence-electron chi connectivity index (χ2n) is 19.1. The number of nitrogens with zero attached hydrogens (tertiary/aromatic N) is 5. The number of hydrogen-bond acceptors (Lipinski definition) is 11. The Labute approximate surface area is 407 Å². The lowest BCUT2D eigenvalue weighted by Gasteiger charge is -2.41. The maximum atomic E-state index is 14.6. The summed E-state index contributed by atoms with van der Waals surface area (Å²) in [5, 5.41) is 8.92. The number of hydrogen-bond donors (Lipinski definition) is 2. The van der Waals surface area contributed by atoms with Crippen LogP contribution in [-0.2, 0) is 49.5 Å². The van der Waals surface area contributed by atoms with Gasteiger partial charge in [0.25, 0.3) is 11.8 Å². The molecule has 2 aromatic rings. The second-order valence-corrected chi connectivity index (χ2v) is 20.0. The smallest absolute Gasteiger partial charge is 0.253 e. The largest absolute Gasteiger partial charge is 0.379 e. The molecule has 0 radical (unpaired) electrons. The lowest BCUT2D eigenvalue weighted by Crippen LogP contribution is -2.60. The van der Waals surface area contributed by atoms with Crippen molar-refractivity contribution in [2.24, 2.45) is 23.7 Å². The second kappa shape index (κ2) is 26.7. The maximum absolute atomic E-state index is 14.6. The number of likely N-dealkylation sites (N-methyl/N-ethyl adjacent to an activating group) is 2. The van der Waals surface area contributed by atoms with Gasteiger partial charge < -0.3 is 34.8 Å². The molecule has 1 saturated heterocycles. The van der Waals surface area contributed by atoms with E-state index in [2.05, 4.69) is 15.6 Å². The van der Waals surface area contributed by atoms with Gasteiger partial charge in [0.2, 0.25) is 29.5 Å². The van der Waals surface area contributed by atoms with Crippen molar-refractivity contribution in [2.75, 3.05) is 41.4 Å². The Bertz CT molecular complexity index is 2000. The van der Waals surface area contributed by atoms with Crippen molar-refractivity contribution in [1.82, 2.24) is 35.2 Å². The van der Waals surface area contributed by atoms with Crippen molar-refractivity contribution < 1.29 is 43.0 Å². The van der Waals surface area contributed by atoms with E-state index in [1.165, 1.54) is 33.3 Å². The number of imide groups is 1. The van der Waals surface area contributed by atoms with E-state index >= 15 is 0 Å². The molecular weight excluding hydrogens is 887 g/mol. The lowest BCUT2D eigenvalue weighted by atomic mass is 9.89. The van der Waals surface area contributed by atoms with E-state index in [4.69, 9.17) is 9.47 Å². The average molecular weight is 964 g/mol. The molecule has 9 unspecified atom stereocenters. The van der Waals surface area contributed by atoms with Gasteiger partial charge in [0.1, 0.15) is 17.1 Å². The van der Waals surface area contributed by atoms with Crippen LogP contribution in [0.25, 0.3) is 0 Å². The molecule has 4 rings (SSSR count). The van der Waals surface area contributed by atoms with Crippen LogP contribution in [0.4, 0.5) is 0 Å². The number of benzene rings is 1. The zero-order valence-electron chi connectivity index (χ0n) is 42.1. The van der Waals surface area contributed by atoms with E-state index in [9.17, 15) is 33.6 Å². The first-order chi connectivity index (χ1) is 32.4. The molecule has 68 heavy (non-hydrogen) atoms. The highest BCUT2D eigenvalue weighted by molar-refractivity contribution is 7.09. The van der Waals surface area contributed by atoms with Gasteiger partial charge in [0.05, 0.1) is 42.7 Å². The van der Waals surface area contributed by atoms with Gasteiger partial charge in [0.15, 0.2) is 0 Å². The SMILES string of the molecule is CCC(C)C(C(CC(=O)N1CCCC1C(OC)C(C)C(=O)NC(Cc1ccccc1)c1nccs1)OC)N(C)C(=O)C(NC(=O)C(C(C)C)N(C)C(=O)CCCCCN1C(=O)C=CC1=O)C(C)C. The molecule has 2 aliphatic heterocycles. The summed E-state index contributed by atoms with van der Waals surface area (Å²) in [6.45, 7) is 14.1. The Balaban J connectivity index is 1.42. The Morgan fingerprint density at radius 1 is 0.868 bits per heavy atom. The van der Waals surface area contributed by atoms with Crippen LogP contribution >= 0.6 is 11.3 Å². The molecule has 17 heteroatoms. The number of thiazole rings is 1. The molecule has 2 N–H and O–H groups in total. The molecule has 9 atom stereocenters. The third-order valence-corrected chi connectivity index (χ3v) is 14.6. The third-order valence-electron chi connectivity index (χ3n) is 13.7. The normalized spacial score (nSPS) is 18.5. The number of carbonyl (C=O) groups is 7.